The maximum absolute atomic E-state index is 14.3. The molecule has 6 rings (SSSR count). The lowest BCUT2D eigenvalue weighted by atomic mass is 9.76. The largest absolute Gasteiger partial charge is 0.461 e. The van der Waals surface area contributed by atoms with Crippen molar-refractivity contribution >= 4 is 51.5 Å². The first kappa shape index (κ1) is 47.2. The van der Waals surface area contributed by atoms with Gasteiger partial charge in [0.2, 0.25) is 5.91 Å². The number of hydrogen-bond donors (Lipinski definition) is 1. The van der Waals surface area contributed by atoms with Gasteiger partial charge in [-0.05, 0) is 84.5 Å². The van der Waals surface area contributed by atoms with Crippen molar-refractivity contribution in [3.8, 4) is 5.69 Å². The number of fused-ring (bicyclic) bond motifs is 1. The monoisotopic (exact) mass is 903 g/mol. The molecule has 1 aliphatic carbocycles. The first-order chi connectivity index (χ1) is 30.0. The minimum atomic E-state index is -4.68. The van der Waals surface area contributed by atoms with Gasteiger partial charge in [-0.25, -0.2) is 4.68 Å². The maximum Gasteiger partial charge on any atom is 0.417 e. The van der Waals surface area contributed by atoms with Crippen molar-refractivity contribution < 1.29 is 37.1 Å². The van der Waals surface area contributed by atoms with E-state index in [2.05, 4.69) is 43.0 Å². The molecule has 63 heavy (non-hydrogen) atoms. The number of esters is 1. The molecule has 0 spiro atoms. The summed E-state index contributed by atoms with van der Waals surface area (Å²) in [7, 11) is 1.73. The quantitative estimate of drug-likeness (QED) is 0.0688. The van der Waals surface area contributed by atoms with Crippen molar-refractivity contribution in [1.29, 1.82) is 0 Å². The van der Waals surface area contributed by atoms with Gasteiger partial charge in [0.25, 0.3) is 5.91 Å². The van der Waals surface area contributed by atoms with Gasteiger partial charge < -0.3 is 15.0 Å². The smallest absolute Gasteiger partial charge is 0.417 e. The number of amides is 2. The number of carbonyl (C=O) groups excluding carboxylic acids is 4. The van der Waals surface area contributed by atoms with Crippen LogP contribution in [0.2, 0.25) is 5.02 Å². The number of hydrogen-bond acceptors (Lipinski definition) is 8. The molecule has 2 aromatic heterocycles. The summed E-state index contributed by atoms with van der Waals surface area (Å²) in [6, 6.07) is 20.4. The molecule has 15 heteroatoms. The van der Waals surface area contributed by atoms with Crippen LogP contribution in [0.4, 0.5) is 18.2 Å². The molecule has 1 N–H and O–H groups in total. The summed E-state index contributed by atoms with van der Waals surface area (Å²) >= 11 is 7.22. The van der Waals surface area contributed by atoms with E-state index in [1.807, 2.05) is 48.5 Å². The Morgan fingerprint density at radius 1 is 0.952 bits per heavy atom. The number of aromatic nitrogens is 2. The Bertz CT molecular complexity index is 2430. The van der Waals surface area contributed by atoms with E-state index < -0.39 is 22.7 Å². The number of nitrogens with zero attached hydrogens (tertiary/aromatic N) is 4. The third kappa shape index (κ3) is 12.0. The molecule has 10 nitrogen and oxygen atoms in total. The topological polar surface area (TPSA) is 114 Å². The van der Waals surface area contributed by atoms with Gasteiger partial charge in [0.15, 0.2) is 5.78 Å². The van der Waals surface area contributed by atoms with Crippen molar-refractivity contribution in [2.45, 2.75) is 98.0 Å². The lowest BCUT2D eigenvalue weighted by molar-refractivity contribution is -0.147. The Labute approximate surface area is 375 Å². The molecule has 0 saturated heterocycles. The lowest BCUT2D eigenvalue weighted by Crippen LogP contribution is -2.41. The molecule has 5 aromatic rings. The molecule has 0 unspecified atom stereocenters. The van der Waals surface area contributed by atoms with Crippen LogP contribution in [0.25, 0.3) is 5.69 Å². The normalized spacial score (nSPS) is 13.5. The van der Waals surface area contributed by atoms with Crippen LogP contribution in [0, 0.1) is 5.41 Å². The summed E-state index contributed by atoms with van der Waals surface area (Å²) in [5.74, 6) is -1.35. The number of ether oxygens (including phenoxy) is 1. The van der Waals surface area contributed by atoms with Crippen LogP contribution in [0.1, 0.15) is 113 Å². The average Bonchev–Trinajstić information content (AvgIpc) is 3.89. The van der Waals surface area contributed by atoms with Crippen LogP contribution < -0.4 is 5.32 Å². The van der Waals surface area contributed by atoms with Crippen molar-refractivity contribution in [3.63, 3.8) is 0 Å². The summed E-state index contributed by atoms with van der Waals surface area (Å²) < 4.78 is 47.5. The van der Waals surface area contributed by atoms with Crippen molar-refractivity contribution in [2.75, 3.05) is 25.5 Å². The Hall–Kier alpha value is -5.31. The third-order valence-corrected chi connectivity index (χ3v) is 13.0. The number of halogens is 4. The number of thiophene rings is 1. The number of anilines is 1. The second-order valence-electron chi connectivity index (χ2n) is 16.8. The Balaban J connectivity index is 1.15. The van der Waals surface area contributed by atoms with Gasteiger partial charge in [-0.2, -0.15) is 18.3 Å². The minimum absolute atomic E-state index is 0.00699. The summed E-state index contributed by atoms with van der Waals surface area (Å²) in [5, 5.41) is 7.24. The fourth-order valence-electron chi connectivity index (χ4n) is 7.86. The second-order valence-corrected chi connectivity index (χ2v) is 18.3. The molecule has 334 valence electrons. The number of likely N-dealkylation sites (N-methyl/N-ethyl adjacent to an activating group) is 1. The number of benzene rings is 3. The van der Waals surface area contributed by atoms with Gasteiger partial charge in [0, 0.05) is 55.8 Å². The van der Waals surface area contributed by atoms with Gasteiger partial charge in [-0.15, -0.1) is 11.3 Å². The summed E-state index contributed by atoms with van der Waals surface area (Å²) in [6.07, 6.45) is 2.01. The predicted octanol–water partition coefficient (Wildman–Crippen LogP) is 10.6. The van der Waals surface area contributed by atoms with E-state index in [1.54, 1.807) is 18.0 Å². The Kier molecular flexibility index (Phi) is 15.3. The molecule has 0 saturated carbocycles. The number of alkyl halides is 3. The van der Waals surface area contributed by atoms with Gasteiger partial charge in [0.1, 0.15) is 11.6 Å². The van der Waals surface area contributed by atoms with Gasteiger partial charge >= 0.3 is 12.1 Å². The highest BCUT2D eigenvalue weighted by Gasteiger charge is 2.35. The van der Waals surface area contributed by atoms with E-state index in [-0.39, 0.29) is 59.8 Å². The zero-order valence-corrected chi connectivity index (χ0v) is 37.8. The first-order valence-electron chi connectivity index (χ1n) is 21.1. The van der Waals surface area contributed by atoms with Gasteiger partial charge in [-0.1, -0.05) is 81.8 Å². The molecule has 0 bridgehead atoms. The van der Waals surface area contributed by atoms with Crippen molar-refractivity contribution in [1.82, 2.24) is 19.6 Å². The molecular formula is C48H53ClF3N5O5S. The molecule has 0 radical (unpaired) electrons. The number of carbonyl (C=O) groups is 4. The minimum Gasteiger partial charge on any atom is -0.461 e. The number of ketones is 1. The third-order valence-electron chi connectivity index (χ3n) is 11.6. The summed E-state index contributed by atoms with van der Waals surface area (Å²) in [4.78, 5) is 58.7. The molecular weight excluding hydrogens is 851 g/mol. The SMILES string of the molecule is CCC(CC)N(CCN(C)C(=O)CCC(=O)OCc1ccccc1)Cc1cccc(C(=O)Nc2sc3c(c2C(=O)c2cnn(-c4ccc(Cl)c(C(F)(F)F)c4)c2)CCC(C)(C)C3)c1. The summed E-state index contributed by atoms with van der Waals surface area (Å²) in [6.45, 7) is 10.3. The molecule has 3 aromatic carbocycles. The van der Waals surface area contributed by atoms with Crippen LogP contribution in [0.3, 0.4) is 0 Å². The molecule has 0 atom stereocenters. The van der Waals surface area contributed by atoms with Crippen LogP contribution in [0.5, 0.6) is 0 Å². The zero-order chi connectivity index (χ0) is 45.5. The standard InChI is InChI=1S/C48H53ClF3N5O5S/c1-6-35(7-2)56(23-22-55(5)41(58)18-19-42(59)62-30-31-12-9-8-10-13-31)28-32-14-11-15-33(24-32)45(61)54-46-43(37-20-21-47(3,4)26-40(37)63-46)44(60)34-27-53-57(29-34)36-16-17-39(49)38(25-36)48(50,51)52/h8-17,24-25,27,29,35H,6-7,18-23,26,28,30H2,1-5H3,(H,54,61). The fraction of sp³-hybridized carbons (Fsp3) is 0.396. The number of nitrogens with one attached hydrogen (secondary N) is 1. The highest BCUT2D eigenvalue weighted by molar-refractivity contribution is 7.17. The van der Waals surface area contributed by atoms with E-state index in [9.17, 15) is 32.3 Å². The van der Waals surface area contributed by atoms with Gasteiger partial charge in [0.05, 0.1) is 40.0 Å². The second kappa shape index (κ2) is 20.5. The first-order valence-corrected chi connectivity index (χ1v) is 22.3. The highest BCUT2D eigenvalue weighted by Crippen LogP contribution is 2.45. The molecule has 0 aliphatic heterocycles. The van der Waals surface area contributed by atoms with Crippen LogP contribution in [0.15, 0.2) is 85.2 Å². The molecule has 2 heterocycles. The average molecular weight is 904 g/mol. The van der Waals surface area contributed by atoms with E-state index in [0.717, 1.165) is 59.4 Å². The Morgan fingerprint density at radius 2 is 1.68 bits per heavy atom. The van der Waals surface area contributed by atoms with E-state index >= 15 is 0 Å². The molecule has 1 aliphatic rings. The van der Waals surface area contributed by atoms with E-state index in [4.69, 9.17) is 16.3 Å². The fourth-order valence-corrected chi connectivity index (χ4v) is 9.59. The predicted molar refractivity (Wildman–Crippen MR) is 239 cm³/mol. The van der Waals surface area contributed by atoms with Crippen LogP contribution in [-0.2, 0) is 46.5 Å². The Morgan fingerprint density at radius 3 is 2.40 bits per heavy atom. The molecule has 2 amide bonds. The van der Waals surface area contributed by atoms with Crippen molar-refractivity contribution in [2.24, 2.45) is 5.41 Å². The lowest BCUT2D eigenvalue weighted by Gasteiger charge is -2.32. The zero-order valence-electron chi connectivity index (χ0n) is 36.2. The van der Waals surface area contributed by atoms with E-state index in [0.29, 0.717) is 42.2 Å². The maximum atomic E-state index is 14.3. The van der Waals surface area contributed by atoms with Crippen LogP contribution in [-0.4, -0.2) is 69.3 Å². The number of rotatable bonds is 18. The highest BCUT2D eigenvalue weighted by atomic mass is 35.5. The van der Waals surface area contributed by atoms with E-state index in [1.165, 1.54) is 34.5 Å². The van der Waals surface area contributed by atoms with Crippen molar-refractivity contribution in [3.05, 3.63) is 134 Å². The summed E-state index contributed by atoms with van der Waals surface area (Å²) in [5.41, 5.74) is 2.64. The van der Waals surface area contributed by atoms with Crippen LogP contribution >= 0.6 is 22.9 Å². The van der Waals surface area contributed by atoms with Gasteiger partial charge in [-0.3, -0.25) is 24.1 Å². The molecule has 0 fully saturated rings.